The fourth-order valence-corrected chi connectivity index (χ4v) is 2.12. The molecule has 1 aliphatic heterocycles. The van der Waals surface area contributed by atoms with Crippen molar-refractivity contribution in [3.8, 4) is 0 Å². The van der Waals surface area contributed by atoms with Gasteiger partial charge in [0.25, 0.3) is 0 Å². The molecule has 16 heavy (non-hydrogen) atoms. The Labute approximate surface area is 96.2 Å². The van der Waals surface area contributed by atoms with E-state index in [1.165, 1.54) is 5.69 Å². The smallest absolute Gasteiger partial charge is 0.0997 e. The number of nitrogens with one attached hydrogen (secondary N) is 1. The van der Waals surface area contributed by atoms with Crippen LogP contribution in [0.1, 0.15) is 32.2 Å². The highest BCUT2D eigenvalue weighted by Gasteiger charge is 2.23. The monoisotopic (exact) mass is 224 g/mol. The van der Waals surface area contributed by atoms with E-state index in [0.29, 0.717) is 0 Å². The third kappa shape index (κ3) is 2.41. The third-order valence-electron chi connectivity index (χ3n) is 2.81. The fourth-order valence-electron chi connectivity index (χ4n) is 2.12. The van der Waals surface area contributed by atoms with Gasteiger partial charge in [0.1, 0.15) is 0 Å². The van der Waals surface area contributed by atoms with Crippen LogP contribution in [-0.4, -0.2) is 33.7 Å². The Bertz CT molecular complexity index is 359. The SMILES string of the molecule is CCOC(C)(C)Cn1nnc2c1CCNC2. The first-order chi connectivity index (χ1) is 7.62. The standard InChI is InChI=1S/C11H20N4O/c1-4-16-11(2,3)8-15-10-5-6-12-7-9(10)13-14-15/h12H,4-8H2,1-3H3. The van der Waals surface area contributed by atoms with Crippen molar-refractivity contribution < 1.29 is 4.74 Å². The molecule has 0 aromatic carbocycles. The lowest BCUT2D eigenvalue weighted by atomic mass is 10.1. The first-order valence-corrected chi connectivity index (χ1v) is 5.88. The van der Waals surface area contributed by atoms with E-state index in [4.69, 9.17) is 4.74 Å². The van der Waals surface area contributed by atoms with Gasteiger partial charge in [-0.3, -0.25) is 0 Å². The topological polar surface area (TPSA) is 52.0 Å². The van der Waals surface area contributed by atoms with Gasteiger partial charge in [-0.15, -0.1) is 5.10 Å². The van der Waals surface area contributed by atoms with Crippen molar-refractivity contribution in [3.63, 3.8) is 0 Å². The number of ether oxygens (including phenoxy) is 1. The van der Waals surface area contributed by atoms with Crippen molar-refractivity contribution in [2.45, 2.75) is 45.9 Å². The largest absolute Gasteiger partial charge is 0.374 e. The van der Waals surface area contributed by atoms with Crippen molar-refractivity contribution >= 4 is 0 Å². The summed E-state index contributed by atoms with van der Waals surface area (Å²) in [5.74, 6) is 0. The molecule has 0 spiro atoms. The fraction of sp³-hybridized carbons (Fsp3) is 0.818. The van der Waals surface area contributed by atoms with Gasteiger partial charge < -0.3 is 10.1 Å². The molecule has 0 fully saturated rings. The molecule has 1 N–H and O–H groups in total. The Morgan fingerprint density at radius 2 is 2.31 bits per heavy atom. The summed E-state index contributed by atoms with van der Waals surface area (Å²) in [6.07, 6.45) is 1.00. The van der Waals surface area contributed by atoms with E-state index in [0.717, 1.165) is 38.4 Å². The molecule has 90 valence electrons. The highest BCUT2D eigenvalue weighted by atomic mass is 16.5. The average molecular weight is 224 g/mol. The highest BCUT2D eigenvalue weighted by molar-refractivity contribution is 5.13. The van der Waals surface area contributed by atoms with E-state index in [9.17, 15) is 0 Å². The van der Waals surface area contributed by atoms with Gasteiger partial charge in [0.15, 0.2) is 0 Å². The summed E-state index contributed by atoms with van der Waals surface area (Å²) < 4.78 is 7.68. The molecule has 1 aromatic rings. The van der Waals surface area contributed by atoms with Crippen LogP contribution in [0.5, 0.6) is 0 Å². The second-order valence-corrected chi connectivity index (χ2v) is 4.76. The summed E-state index contributed by atoms with van der Waals surface area (Å²) in [5, 5.41) is 11.7. The first-order valence-electron chi connectivity index (χ1n) is 5.88. The van der Waals surface area contributed by atoms with E-state index in [-0.39, 0.29) is 5.60 Å². The van der Waals surface area contributed by atoms with Gasteiger partial charge in [0.05, 0.1) is 23.5 Å². The molecule has 1 aliphatic rings. The molecule has 5 heteroatoms. The van der Waals surface area contributed by atoms with E-state index < -0.39 is 0 Å². The minimum Gasteiger partial charge on any atom is -0.374 e. The minimum absolute atomic E-state index is 0.179. The summed E-state index contributed by atoms with van der Waals surface area (Å²) in [5.41, 5.74) is 2.16. The van der Waals surface area contributed by atoms with Crippen LogP contribution in [0.3, 0.4) is 0 Å². The van der Waals surface area contributed by atoms with Crippen LogP contribution in [0.15, 0.2) is 0 Å². The third-order valence-corrected chi connectivity index (χ3v) is 2.81. The Balaban J connectivity index is 2.12. The molecule has 1 aromatic heterocycles. The van der Waals surface area contributed by atoms with Crippen LogP contribution in [0.25, 0.3) is 0 Å². The Morgan fingerprint density at radius 3 is 3.06 bits per heavy atom. The van der Waals surface area contributed by atoms with Gasteiger partial charge in [-0.05, 0) is 20.8 Å². The van der Waals surface area contributed by atoms with E-state index >= 15 is 0 Å². The highest BCUT2D eigenvalue weighted by Crippen LogP contribution is 2.16. The molecule has 0 radical (unpaired) electrons. The van der Waals surface area contributed by atoms with E-state index in [2.05, 4.69) is 29.5 Å². The molecular formula is C11H20N4O. The van der Waals surface area contributed by atoms with Crippen molar-refractivity contribution in [1.82, 2.24) is 20.3 Å². The molecular weight excluding hydrogens is 204 g/mol. The number of aromatic nitrogens is 3. The maximum atomic E-state index is 5.69. The molecule has 2 heterocycles. The van der Waals surface area contributed by atoms with Crippen LogP contribution in [-0.2, 0) is 24.2 Å². The second kappa shape index (κ2) is 4.51. The van der Waals surface area contributed by atoms with E-state index in [1.807, 2.05) is 11.6 Å². The summed E-state index contributed by atoms with van der Waals surface area (Å²) in [6, 6.07) is 0. The number of fused-ring (bicyclic) bond motifs is 1. The first kappa shape index (κ1) is 11.5. The Kier molecular flexibility index (Phi) is 3.25. The molecule has 0 aliphatic carbocycles. The van der Waals surface area contributed by atoms with Crippen molar-refractivity contribution in [2.75, 3.05) is 13.2 Å². The van der Waals surface area contributed by atoms with Gasteiger partial charge in [-0.1, -0.05) is 5.21 Å². The summed E-state index contributed by atoms with van der Waals surface area (Å²) in [6.45, 7) is 9.54. The second-order valence-electron chi connectivity index (χ2n) is 4.76. The Hall–Kier alpha value is -0.940. The van der Waals surface area contributed by atoms with Crippen molar-refractivity contribution in [1.29, 1.82) is 0 Å². The lowest BCUT2D eigenvalue weighted by molar-refractivity contribution is -0.0255. The van der Waals surface area contributed by atoms with Gasteiger partial charge >= 0.3 is 0 Å². The van der Waals surface area contributed by atoms with E-state index in [1.54, 1.807) is 0 Å². The zero-order valence-electron chi connectivity index (χ0n) is 10.3. The molecule has 0 bridgehead atoms. The maximum absolute atomic E-state index is 5.69. The zero-order chi connectivity index (χ0) is 11.6. The Morgan fingerprint density at radius 1 is 1.50 bits per heavy atom. The summed E-state index contributed by atoms with van der Waals surface area (Å²) in [7, 11) is 0. The van der Waals surface area contributed by atoms with Crippen LogP contribution >= 0.6 is 0 Å². The molecule has 0 amide bonds. The van der Waals surface area contributed by atoms with Crippen molar-refractivity contribution in [2.24, 2.45) is 0 Å². The molecule has 0 atom stereocenters. The predicted octanol–water partition coefficient (Wildman–Crippen LogP) is 0.739. The number of hydrogen-bond donors (Lipinski definition) is 1. The summed E-state index contributed by atoms with van der Waals surface area (Å²) >= 11 is 0. The number of nitrogens with zero attached hydrogens (tertiary/aromatic N) is 3. The normalized spacial score (nSPS) is 16.2. The lowest BCUT2D eigenvalue weighted by Gasteiger charge is -2.25. The maximum Gasteiger partial charge on any atom is 0.0997 e. The molecule has 5 nitrogen and oxygen atoms in total. The van der Waals surface area contributed by atoms with Gasteiger partial charge in [-0.2, -0.15) is 0 Å². The van der Waals surface area contributed by atoms with Crippen LogP contribution in [0.2, 0.25) is 0 Å². The van der Waals surface area contributed by atoms with Gasteiger partial charge in [0.2, 0.25) is 0 Å². The van der Waals surface area contributed by atoms with Crippen LogP contribution in [0, 0.1) is 0 Å². The molecule has 0 saturated carbocycles. The number of rotatable bonds is 4. The van der Waals surface area contributed by atoms with Crippen molar-refractivity contribution in [3.05, 3.63) is 11.4 Å². The number of hydrogen-bond acceptors (Lipinski definition) is 4. The molecule has 0 unspecified atom stereocenters. The molecule has 2 rings (SSSR count). The summed E-state index contributed by atoms with van der Waals surface area (Å²) in [4.78, 5) is 0. The van der Waals surface area contributed by atoms with Gasteiger partial charge in [0, 0.05) is 26.1 Å². The average Bonchev–Trinajstić information content (AvgIpc) is 2.61. The zero-order valence-corrected chi connectivity index (χ0v) is 10.3. The van der Waals surface area contributed by atoms with Crippen LogP contribution in [0.4, 0.5) is 0 Å². The minimum atomic E-state index is -0.179. The van der Waals surface area contributed by atoms with Gasteiger partial charge in [-0.25, -0.2) is 4.68 Å². The lowest BCUT2D eigenvalue weighted by Crippen LogP contribution is -2.33. The molecule has 0 saturated heterocycles. The van der Waals surface area contributed by atoms with Crippen LogP contribution < -0.4 is 5.32 Å². The predicted molar refractivity (Wildman–Crippen MR) is 61.1 cm³/mol. The quantitative estimate of drug-likeness (QED) is 0.819.